The van der Waals surface area contributed by atoms with E-state index in [4.69, 9.17) is 4.98 Å². The highest BCUT2D eigenvalue weighted by Crippen LogP contribution is 2.35. The number of para-hydroxylation sites is 1. The average molecular weight is 265 g/mol. The lowest BCUT2D eigenvalue weighted by Crippen LogP contribution is -2.17. The Labute approximate surface area is 119 Å². The van der Waals surface area contributed by atoms with E-state index in [1.165, 1.54) is 22.1 Å². The molecule has 2 aromatic carbocycles. The standard InChI is InChI=1S/C17H19N3/c1-19(2)16-10-9-15-13(17(16)20(3)4)11-12-7-5-6-8-14(12)18-15/h5-11H,1-4H3. The van der Waals surface area contributed by atoms with Gasteiger partial charge >= 0.3 is 0 Å². The second-order valence-electron chi connectivity index (χ2n) is 5.47. The number of anilines is 2. The van der Waals surface area contributed by atoms with Crippen molar-refractivity contribution in [2.24, 2.45) is 0 Å². The monoisotopic (exact) mass is 265 g/mol. The Balaban J connectivity index is 2.42. The molecule has 0 radical (unpaired) electrons. The molecule has 3 heteroatoms. The lowest BCUT2D eigenvalue weighted by Gasteiger charge is -2.24. The Morgan fingerprint density at radius 2 is 1.55 bits per heavy atom. The minimum atomic E-state index is 1.04. The summed E-state index contributed by atoms with van der Waals surface area (Å²) in [5.74, 6) is 0. The van der Waals surface area contributed by atoms with Crippen LogP contribution in [0.4, 0.5) is 11.4 Å². The van der Waals surface area contributed by atoms with Gasteiger partial charge in [0.25, 0.3) is 0 Å². The van der Waals surface area contributed by atoms with Crippen molar-refractivity contribution in [2.45, 2.75) is 0 Å². The van der Waals surface area contributed by atoms with Crippen molar-refractivity contribution in [3.05, 3.63) is 42.5 Å². The number of aromatic nitrogens is 1. The zero-order valence-electron chi connectivity index (χ0n) is 12.4. The van der Waals surface area contributed by atoms with Gasteiger partial charge in [-0.3, -0.25) is 0 Å². The third-order valence-electron chi connectivity index (χ3n) is 3.58. The topological polar surface area (TPSA) is 19.4 Å². The smallest absolute Gasteiger partial charge is 0.0732 e. The first-order chi connectivity index (χ1) is 9.58. The molecule has 0 aliphatic rings. The maximum absolute atomic E-state index is 4.78. The SMILES string of the molecule is CN(C)c1ccc2nc3ccccc3cc2c1N(C)C. The van der Waals surface area contributed by atoms with Crippen LogP contribution in [0.5, 0.6) is 0 Å². The van der Waals surface area contributed by atoms with Gasteiger partial charge in [0.15, 0.2) is 0 Å². The zero-order chi connectivity index (χ0) is 14.3. The number of pyridine rings is 1. The summed E-state index contributed by atoms with van der Waals surface area (Å²) >= 11 is 0. The molecule has 0 spiro atoms. The van der Waals surface area contributed by atoms with E-state index in [1.807, 2.05) is 6.07 Å². The third kappa shape index (κ3) is 1.95. The molecule has 0 aliphatic heterocycles. The van der Waals surface area contributed by atoms with E-state index in [9.17, 15) is 0 Å². The van der Waals surface area contributed by atoms with Gasteiger partial charge in [0.2, 0.25) is 0 Å². The van der Waals surface area contributed by atoms with Gasteiger partial charge in [-0.05, 0) is 24.3 Å². The first kappa shape index (κ1) is 12.7. The molecule has 102 valence electrons. The molecule has 0 unspecified atom stereocenters. The molecule has 1 aromatic heterocycles. The highest BCUT2D eigenvalue weighted by Gasteiger charge is 2.12. The number of benzene rings is 2. The van der Waals surface area contributed by atoms with Crippen molar-refractivity contribution in [3.8, 4) is 0 Å². The number of rotatable bonds is 2. The Hall–Kier alpha value is -2.29. The van der Waals surface area contributed by atoms with Crippen molar-refractivity contribution in [3.63, 3.8) is 0 Å². The van der Waals surface area contributed by atoms with E-state index in [0.717, 1.165) is 11.0 Å². The third-order valence-corrected chi connectivity index (χ3v) is 3.58. The largest absolute Gasteiger partial charge is 0.376 e. The van der Waals surface area contributed by atoms with Crippen molar-refractivity contribution in [1.82, 2.24) is 4.98 Å². The van der Waals surface area contributed by atoms with Crippen LogP contribution in [-0.4, -0.2) is 33.2 Å². The summed E-state index contributed by atoms with van der Waals surface area (Å²) < 4.78 is 0. The minimum absolute atomic E-state index is 1.04. The van der Waals surface area contributed by atoms with E-state index in [2.05, 4.69) is 74.4 Å². The van der Waals surface area contributed by atoms with Crippen LogP contribution in [0.1, 0.15) is 0 Å². The van der Waals surface area contributed by atoms with Crippen LogP contribution in [0.2, 0.25) is 0 Å². The molecule has 0 atom stereocenters. The first-order valence-corrected chi connectivity index (χ1v) is 6.75. The van der Waals surface area contributed by atoms with Crippen molar-refractivity contribution in [1.29, 1.82) is 0 Å². The van der Waals surface area contributed by atoms with E-state index >= 15 is 0 Å². The molecule has 1 heterocycles. The molecule has 20 heavy (non-hydrogen) atoms. The molecule has 0 amide bonds. The molecule has 0 bridgehead atoms. The van der Waals surface area contributed by atoms with Gasteiger partial charge in [-0.15, -0.1) is 0 Å². The molecule has 3 aromatic rings. The Bertz CT molecular complexity index is 776. The summed E-state index contributed by atoms with van der Waals surface area (Å²) in [6, 6.07) is 14.7. The van der Waals surface area contributed by atoms with Crippen LogP contribution in [0.25, 0.3) is 21.8 Å². The number of nitrogens with zero attached hydrogens (tertiary/aromatic N) is 3. The summed E-state index contributed by atoms with van der Waals surface area (Å²) in [7, 11) is 8.30. The molecule has 3 rings (SSSR count). The van der Waals surface area contributed by atoms with Crippen molar-refractivity contribution < 1.29 is 0 Å². The number of hydrogen-bond donors (Lipinski definition) is 0. The Morgan fingerprint density at radius 1 is 0.800 bits per heavy atom. The summed E-state index contributed by atoms with van der Waals surface area (Å²) in [6.45, 7) is 0. The fraction of sp³-hybridized carbons (Fsp3) is 0.235. The molecule has 0 N–H and O–H groups in total. The first-order valence-electron chi connectivity index (χ1n) is 6.75. The minimum Gasteiger partial charge on any atom is -0.376 e. The maximum atomic E-state index is 4.78. The second kappa shape index (κ2) is 4.67. The fourth-order valence-electron chi connectivity index (χ4n) is 2.65. The molecule has 0 saturated carbocycles. The molecule has 0 saturated heterocycles. The van der Waals surface area contributed by atoms with E-state index in [-0.39, 0.29) is 0 Å². The lowest BCUT2D eigenvalue weighted by molar-refractivity contribution is 1.08. The van der Waals surface area contributed by atoms with Gasteiger partial charge in [-0.25, -0.2) is 4.98 Å². The van der Waals surface area contributed by atoms with Gasteiger partial charge in [0.05, 0.1) is 22.4 Å². The van der Waals surface area contributed by atoms with Crippen LogP contribution in [0.3, 0.4) is 0 Å². The quantitative estimate of drug-likeness (QED) is 0.661. The Kier molecular flexibility index (Phi) is 2.97. The van der Waals surface area contributed by atoms with E-state index < -0.39 is 0 Å². The van der Waals surface area contributed by atoms with Crippen molar-refractivity contribution >= 4 is 33.2 Å². The predicted molar refractivity (Wildman–Crippen MR) is 87.9 cm³/mol. The Morgan fingerprint density at radius 3 is 2.25 bits per heavy atom. The molecule has 3 nitrogen and oxygen atoms in total. The summed E-state index contributed by atoms with van der Waals surface area (Å²) in [6.07, 6.45) is 0. The van der Waals surface area contributed by atoms with Crippen LogP contribution < -0.4 is 9.80 Å². The van der Waals surface area contributed by atoms with Crippen LogP contribution in [0, 0.1) is 0 Å². The normalized spacial score (nSPS) is 11.0. The highest BCUT2D eigenvalue weighted by molar-refractivity contribution is 6.04. The van der Waals surface area contributed by atoms with E-state index in [0.29, 0.717) is 0 Å². The second-order valence-corrected chi connectivity index (χ2v) is 5.47. The summed E-state index contributed by atoms with van der Waals surface area (Å²) in [4.78, 5) is 9.08. The van der Waals surface area contributed by atoms with Gasteiger partial charge < -0.3 is 9.80 Å². The molecular formula is C17H19N3. The lowest BCUT2D eigenvalue weighted by atomic mass is 10.1. The zero-order valence-corrected chi connectivity index (χ0v) is 12.4. The van der Waals surface area contributed by atoms with Crippen LogP contribution in [-0.2, 0) is 0 Å². The fourth-order valence-corrected chi connectivity index (χ4v) is 2.65. The van der Waals surface area contributed by atoms with Gasteiger partial charge in [-0.1, -0.05) is 18.2 Å². The predicted octanol–water partition coefficient (Wildman–Crippen LogP) is 3.52. The highest BCUT2D eigenvalue weighted by atomic mass is 15.1. The number of fused-ring (bicyclic) bond motifs is 2. The van der Waals surface area contributed by atoms with Gasteiger partial charge in [-0.2, -0.15) is 0 Å². The maximum Gasteiger partial charge on any atom is 0.0732 e. The summed E-state index contributed by atoms with van der Waals surface area (Å²) in [5, 5.41) is 2.37. The number of hydrogen-bond acceptors (Lipinski definition) is 3. The molecule has 0 aliphatic carbocycles. The molecule has 0 fully saturated rings. The van der Waals surface area contributed by atoms with Crippen molar-refractivity contribution in [2.75, 3.05) is 38.0 Å². The average Bonchev–Trinajstić information content (AvgIpc) is 2.43. The summed E-state index contributed by atoms with van der Waals surface area (Å²) in [5.41, 5.74) is 4.51. The van der Waals surface area contributed by atoms with Gasteiger partial charge in [0, 0.05) is 39.0 Å². The van der Waals surface area contributed by atoms with E-state index in [1.54, 1.807) is 0 Å². The van der Waals surface area contributed by atoms with Crippen LogP contribution in [0.15, 0.2) is 42.5 Å². The molecular weight excluding hydrogens is 246 g/mol. The van der Waals surface area contributed by atoms with Gasteiger partial charge in [0.1, 0.15) is 0 Å². The van der Waals surface area contributed by atoms with Crippen LogP contribution >= 0.6 is 0 Å².